The molecule has 0 amide bonds. The number of nitrogens with two attached hydrogens (primary N) is 1. The van der Waals surface area contributed by atoms with Gasteiger partial charge in [-0.2, -0.15) is 0 Å². The molecule has 0 unspecified atom stereocenters. The Balaban J connectivity index is 0.000000271. The third kappa shape index (κ3) is 7.55. The van der Waals surface area contributed by atoms with Crippen LogP contribution in [-0.2, 0) is 23.1 Å². The minimum absolute atomic E-state index is 0.378. The maximum atomic E-state index is 11.2. The number of methoxy groups -OCH3 is 2. The van der Waals surface area contributed by atoms with Crippen molar-refractivity contribution in [2.45, 2.75) is 13.1 Å². The Morgan fingerprint density at radius 1 is 0.880 bits per heavy atom. The fraction of sp³-hybridized carbons (Fsp3) is 0.333. The molecule has 0 aromatic heterocycles. The van der Waals surface area contributed by atoms with Gasteiger partial charge in [0, 0.05) is 20.1 Å². The van der Waals surface area contributed by atoms with Crippen LogP contribution in [0.1, 0.15) is 11.1 Å². The van der Waals surface area contributed by atoms with Crippen LogP contribution in [0.15, 0.2) is 48.5 Å². The Labute approximate surface area is 150 Å². The van der Waals surface area contributed by atoms with Crippen LogP contribution in [0.2, 0.25) is 0 Å². The topological polar surface area (TPSA) is 81.9 Å². The lowest BCUT2D eigenvalue weighted by Crippen LogP contribution is -2.24. The zero-order chi connectivity index (χ0) is 18.9. The molecule has 0 aliphatic rings. The standard InChI is InChI=1S/C10H15NO3S.C8H11NO/c1-11(15(3,12)13)8-9-4-6-10(14-2)7-5-9;1-10-8-4-2-7(6-9)3-5-8/h4-7H,8H2,1-3H3;2-5H,6,9H2,1H3. The normalized spacial score (nSPS) is 10.8. The summed E-state index contributed by atoms with van der Waals surface area (Å²) in [6.45, 7) is 0.965. The van der Waals surface area contributed by atoms with Gasteiger partial charge in [-0.15, -0.1) is 0 Å². The molecule has 7 heteroatoms. The lowest BCUT2D eigenvalue weighted by atomic mass is 10.2. The lowest BCUT2D eigenvalue weighted by Gasteiger charge is -2.13. The average molecular weight is 366 g/mol. The van der Waals surface area contributed by atoms with Crippen LogP contribution in [0.3, 0.4) is 0 Å². The van der Waals surface area contributed by atoms with Crippen LogP contribution in [0.5, 0.6) is 11.5 Å². The Bertz CT molecular complexity index is 706. The van der Waals surface area contributed by atoms with Gasteiger partial charge < -0.3 is 15.2 Å². The summed E-state index contributed by atoms with van der Waals surface area (Å²) < 4.78 is 33.6. The molecule has 2 aromatic carbocycles. The van der Waals surface area contributed by atoms with Gasteiger partial charge in [0.25, 0.3) is 0 Å². The fourth-order valence-electron chi connectivity index (χ4n) is 1.87. The molecule has 138 valence electrons. The third-order valence-electron chi connectivity index (χ3n) is 3.53. The molecule has 25 heavy (non-hydrogen) atoms. The van der Waals surface area contributed by atoms with E-state index < -0.39 is 10.0 Å². The molecule has 0 bridgehead atoms. The number of ether oxygens (including phenoxy) is 2. The first-order chi connectivity index (χ1) is 11.8. The molecule has 0 atom stereocenters. The van der Waals surface area contributed by atoms with Crippen LogP contribution in [0.25, 0.3) is 0 Å². The van der Waals surface area contributed by atoms with Crippen molar-refractivity contribution >= 4 is 10.0 Å². The molecule has 0 heterocycles. The summed E-state index contributed by atoms with van der Waals surface area (Å²) in [4.78, 5) is 0. The SMILES string of the molecule is COc1ccc(CN(C)S(C)(=O)=O)cc1.COc1ccc(CN)cc1. The molecule has 0 radical (unpaired) electrons. The molecule has 0 saturated carbocycles. The molecule has 0 aliphatic heterocycles. The molecule has 2 rings (SSSR count). The van der Waals surface area contributed by atoms with E-state index in [2.05, 4.69) is 0 Å². The van der Waals surface area contributed by atoms with E-state index in [9.17, 15) is 8.42 Å². The fourth-order valence-corrected chi connectivity index (χ4v) is 2.25. The van der Waals surface area contributed by atoms with E-state index in [-0.39, 0.29) is 0 Å². The first-order valence-corrected chi connectivity index (χ1v) is 9.52. The van der Waals surface area contributed by atoms with Crippen molar-refractivity contribution in [3.63, 3.8) is 0 Å². The van der Waals surface area contributed by atoms with Gasteiger partial charge >= 0.3 is 0 Å². The summed E-state index contributed by atoms with van der Waals surface area (Å²) in [5.41, 5.74) is 7.46. The van der Waals surface area contributed by atoms with E-state index in [0.29, 0.717) is 13.1 Å². The first kappa shape index (κ1) is 21.0. The highest BCUT2D eigenvalue weighted by atomic mass is 32.2. The monoisotopic (exact) mass is 366 g/mol. The second-order valence-electron chi connectivity index (χ2n) is 5.42. The van der Waals surface area contributed by atoms with E-state index in [1.165, 1.54) is 10.6 Å². The summed E-state index contributed by atoms with van der Waals surface area (Å²) in [6, 6.07) is 15.0. The highest BCUT2D eigenvalue weighted by molar-refractivity contribution is 7.88. The number of hydrogen-bond acceptors (Lipinski definition) is 5. The highest BCUT2D eigenvalue weighted by Gasteiger charge is 2.10. The second kappa shape index (κ2) is 10.0. The van der Waals surface area contributed by atoms with Gasteiger partial charge in [0.05, 0.1) is 20.5 Å². The van der Waals surface area contributed by atoms with Gasteiger partial charge in [-0.1, -0.05) is 24.3 Å². The quantitative estimate of drug-likeness (QED) is 0.848. The highest BCUT2D eigenvalue weighted by Crippen LogP contribution is 2.13. The maximum absolute atomic E-state index is 11.2. The van der Waals surface area contributed by atoms with Crippen molar-refractivity contribution < 1.29 is 17.9 Å². The van der Waals surface area contributed by atoms with Gasteiger partial charge in [-0.3, -0.25) is 0 Å². The summed E-state index contributed by atoms with van der Waals surface area (Å²) >= 11 is 0. The largest absolute Gasteiger partial charge is 0.497 e. The maximum Gasteiger partial charge on any atom is 0.211 e. The van der Waals surface area contributed by atoms with Gasteiger partial charge in [-0.05, 0) is 35.4 Å². The van der Waals surface area contributed by atoms with Crippen molar-refractivity contribution in [2.24, 2.45) is 5.73 Å². The Morgan fingerprint density at radius 3 is 1.60 bits per heavy atom. The average Bonchev–Trinajstić information content (AvgIpc) is 2.62. The van der Waals surface area contributed by atoms with E-state index >= 15 is 0 Å². The van der Waals surface area contributed by atoms with Crippen molar-refractivity contribution in [3.8, 4) is 11.5 Å². The Kier molecular flexibility index (Phi) is 8.40. The van der Waals surface area contributed by atoms with Gasteiger partial charge in [0.1, 0.15) is 11.5 Å². The van der Waals surface area contributed by atoms with Crippen LogP contribution in [-0.4, -0.2) is 40.2 Å². The predicted molar refractivity (Wildman–Crippen MR) is 100 cm³/mol. The van der Waals surface area contributed by atoms with Crippen molar-refractivity contribution in [1.82, 2.24) is 4.31 Å². The molecule has 0 saturated heterocycles. The van der Waals surface area contributed by atoms with E-state index in [1.54, 1.807) is 21.3 Å². The summed E-state index contributed by atoms with van der Waals surface area (Å²) in [5, 5.41) is 0. The number of rotatable bonds is 6. The second-order valence-corrected chi connectivity index (χ2v) is 7.51. The summed E-state index contributed by atoms with van der Waals surface area (Å²) in [6.07, 6.45) is 1.19. The third-order valence-corrected chi connectivity index (χ3v) is 4.79. The number of sulfonamides is 1. The van der Waals surface area contributed by atoms with Gasteiger partial charge in [0.15, 0.2) is 0 Å². The Morgan fingerprint density at radius 2 is 1.28 bits per heavy atom. The van der Waals surface area contributed by atoms with Crippen LogP contribution >= 0.6 is 0 Å². The number of benzene rings is 2. The smallest absolute Gasteiger partial charge is 0.211 e. The van der Waals surface area contributed by atoms with Crippen molar-refractivity contribution in [3.05, 3.63) is 59.7 Å². The Hall–Kier alpha value is -2.09. The van der Waals surface area contributed by atoms with Gasteiger partial charge in [0.2, 0.25) is 10.0 Å². The minimum Gasteiger partial charge on any atom is -0.497 e. The summed E-state index contributed by atoms with van der Waals surface area (Å²) in [7, 11) is 1.69. The van der Waals surface area contributed by atoms with E-state index in [4.69, 9.17) is 15.2 Å². The molecule has 6 nitrogen and oxygen atoms in total. The molecule has 2 aromatic rings. The van der Waals surface area contributed by atoms with Crippen molar-refractivity contribution in [1.29, 1.82) is 0 Å². The molecule has 2 N–H and O–H groups in total. The van der Waals surface area contributed by atoms with E-state index in [0.717, 1.165) is 22.6 Å². The molecule has 0 aliphatic carbocycles. The van der Waals surface area contributed by atoms with E-state index in [1.807, 2.05) is 48.5 Å². The minimum atomic E-state index is -3.11. The molecule has 0 spiro atoms. The molecular formula is C18H26N2O4S. The number of hydrogen-bond donors (Lipinski definition) is 1. The lowest BCUT2D eigenvalue weighted by molar-refractivity contribution is 0.414. The first-order valence-electron chi connectivity index (χ1n) is 7.67. The zero-order valence-electron chi connectivity index (χ0n) is 15.1. The number of nitrogens with zero attached hydrogens (tertiary/aromatic N) is 1. The van der Waals surface area contributed by atoms with Gasteiger partial charge in [-0.25, -0.2) is 12.7 Å². The zero-order valence-corrected chi connectivity index (χ0v) is 15.9. The predicted octanol–water partition coefficient (Wildman–Crippen LogP) is 2.24. The molecule has 0 fully saturated rings. The van der Waals surface area contributed by atoms with Crippen molar-refractivity contribution in [2.75, 3.05) is 27.5 Å². The van der Waals surface area contributed by atoms with Crippen LogP contribution in [0.4, 0.5) is 0 Å². The van der Waals surface area contributed by atoms with Crippen LogP contribution < -0.4 is 15.2 Å². The van der Waals surface area contributed by atoms with Crippen LogP contribution in [0, 0.1) is 0 Å². The molecular weight excluding hydrogens is 340 g/mol. The summed E-state index contributed by atoms with van der Waals surface area (Å²) in [5.74, 6) is 1.64.